The number of carbonyl (C=O) groups is 1. The van der Waals surface area contributed by atoms with Gasteiger partial charge in [-0.2, -0.15) is 5.10 Å². The standard InChI is InChI=1S/C19H26N6O3/c26-9-6-25-5-3-16(22-25)15-2-1-4-24(14-15)18-13-20-12-17(21-18)19(27)23-7-10-28-11-8-23/h3,5,12-13,15,26H,1-2,4,6-11,14H2/t15-/m1/s1. The second-order valence-corrected chi connectivity index (χ2v) is 7.18. The molecule has 0 radical (unpaired) electrons. The summed E-state index contributed by atoms with van der Waals surface area (Å²) in [6, 6.07) is 2.02. The summed E-state index contributed by atoms with van der Waals surface area (Å²) in [5.74, 6) is 0.946. The first-order chi connectivity index (χ1) is 13.7. The van der Waals surface area contributed by atoms with E-state index in [2.05, 4.69) is 20.0 Å². The molecule has 9 nitrogen and oxygen atoms in total. The topological polar surface area (TPSA) is 96.6 Å². The van der Waals surface area contributed by atoms with Gasteiger partial charge < -0.3 is 19.6 Å². The van der Waals surface area contributed by atoms with Gasteiger partial charge >= 0.3 is 0 Å². The van der Waals surface area contributed by atoms with Crippen LogP contribution in [0.3, 0.4) is 0 Å². The van der Waals surface area contributed by atoms with Crippen LogP contribution >= 0.6 is 0 Å². The first-order valence-electron chi connectivity index (χ1n) is 9.83. The van der Waals surface area contributed by atoms with Crippen LogP contribution in [0, 0.1) is 0 Å². The second kappa shape index (κ2) is 8.66. The van der Waals surface area contributed by atoms with Crippen LogP contribution in [0.2, 0.25) is 0 Å². The van der Waals surface area contributed by atoms with Crippen LogP contribution in [-0.4, -0.2) is 81.7 Å². The van der Waals surface area contributed by atoms with E-state index in [1.54, 1.807) is 22.0 Å². The zero-order valence-corrected chi connectivity index (χ0v) is 15.9. The Morgan fingerprint density at radius 2 is 2.11 bits per heavy atom. The summed E-state index contributed by atoms with van der Waals surface area (Å²) in [4.78, 5) is 25.5. The Kier molecular flexibility index (Phi) is 5.82. The van der Waals surface area contributed by atoms with E-state index in [1.807, 2.05) is 12.3 Å². The van der Waals surface area contributed by atoms with Crippen molar-refractivity contribution < 1.29 is 14.6 Å². The third-order valence-electron chi connectivity index (χ3n) is 5.29. The lowest BCUT2D eigenvalue weighted by atomic mass is 9.95. The van der Waals surface area contributed by atoms with Gasteiger partial charge in [-0.05, 0) is 18.9 Å². The summed E-state index contributed by atoms with van der Waals surface area (Å²) >= 11 is 0. The van der Waals surface area contributed by atoms with Gasteiger partial charge in [-0.3, -0.25) is 14.5 Å². The van der Waals surface area contributed by atoms with Crippen molar-refractivity contribution in [3.05, 3.63) is 36.0 Å². The molecule has 4 heterocycles. The van der Waals surface area contributed by atoms with Gasteiger partial charge in [0.2, 0.25) is 0 Å². The van der Waals surface area contributed by atoms with E-state index in [-0.39, 0.29) is 12.5 Å². The average Bonchev–Trinajstić information content (AvgIpc) is 3.23. The number of hydrogen-bond acceptors (Lipinski definition) is 7. The minimum Gasteiger partial charge on any atom is -0.394 e. The van der Waals surface area contributed by atoms with Gasteiger partial charge in [0.25, 0.3) is 5.91 Å². The zero-order chi connectivity index (χ0) is 19.3. The summed E-state index contributed by atoms with van der Waals surface area (Å²) in [7, 11) is 0. The molecule has 2 aliphatic rings. The van der Waals surface area contributed by atoms with E-state index in [9.17, 15) is 4.79 Å². The minimum absolute atomic E-state index is 0.0808. The fourth-order valence-electron chi connectivity index (χ4n) is 3.79. The third kappa shape index (κ3) is 4.15. The van der Waals surface area contributed by atoms with Crippen molar-refractivity contribution in [2.24, 2.45) is 0 Å². The van der Waals surface area contributed by atoms with E-state index in [4.69, 9.17) is 9.84 Å². The van der Waals surface area contributed by atoms with Crippen molar-refractivity contribution in [2.45, 2.75) is 25.3 Å². The number of hydrogen-bond donors (Lipinski definition) is 1. The summed E-state index contributed by atoms with van der Waals surface area (Å²) < 4.78 is 7.09. The molecule has 0 saturated carbocycles. The third-order valence-corrected chi connectivity index (χ3v) is 5.29. The van der Waals surface area contributed by atoms with E-state index in [0.29, 0.717) is 44.5 Å². The number of nitrogens with zero attached hydrogens (tertiary/aromatic N) is 6. The molecule has 0 aliphatic carbocycles. The molecule has 28 heavy (non-hydrogen) atoms. The largest absolute Gasteiger partial charge is 0.394 e. The van der Waals surface area contributed by atoms with Crippen LogP contribution in [0.5, 0.6) is 0 Å². The molecule has 2 aliphatic heterocycles. The highest BCUT2D eigenvalue weighted by atomic mass is 16.5. The predicted octanol–water partition coefficient (Wildman–Crippen LogP) is 0.522. The van der Waals surface area contributed by atoms with Crippen molar-refractivity contribution in [3.63, 3.8) is 0 Å². The Hall–Kier alpha value is -2.52. The van der Waals surface area contributed by atoms with Crippen LogP contribution in [-0.2, 0) is 11.3 Å². The maximum atomic E-state index is 12.7. The lowest BCUT2D eigenvalue weighted by Crippen LogP contribution is -2.41. The minimum atomic E-state index is -0.0889. The lowest BCUT2D eigenvalue weighted by molar-refractivity contribution is 0.0298. The highest BCUT2D eigenvalue weighted by molar-refractivity contribution is 5.92. The molecular weight excluding hydrogens is 360 g/mol. The monoisotopic (exact) mass is 386 g/mol. The zero-order valence-electron chi connectivity index (χ0n) is 15.9. The van der Waals surface area contributed by atoms with Gasteiger partial charge in [-0.1, -0.05) is 0 Å². The molecule has 150 valence electrons. The van der Waals surface area contributed by atoms with E-state index < -0.39 is 0 Å². The Balaban J connectivity index is 1.46. The number of piperidine rings is 1. The van der Waals surface area contributed by atoms with E-state index in [0.717, 1.165) is 37.4 Å². The molecule has 0 aromatic carbocycles. The molecule has 1 amide bonds. The molecule has 1 atom stereocenters. The molecule has 0 bridgehead atoms. The molecular formula is C19H26N6O3. The first kappa shape index (κ1) is 18.8. The highest BCUT2D eigenvalue weighted by Gasteiger charge is 2.26. The maximum Gasteiger partial charge on any atom is 0.274 e. The molecule has 2 aromatic rings. The molecule has 0 spiro atoms. The Morgan fingerprint density at radius 1 is 1.25 bits per heavy atom. The Bertz CT molecular complexity index is 804. The summed E-state index contributed by atoms with van der Waals surface area (Å²) in [6.45, 7) is 4.58. The lowest BCUT2D eigenvalue weighted by Gasteiger charge is -2.33. The molecule has 2 fully saturated rings. The number of aliphatic hydroxyl groups excluding tert-OH is 1. The average molecular weight is 386 g/mol. The van der Waals surface area contributed by atoms with Crippen LogP contribution < -0.4 is 4.90 Å². The Labute approximate surface area is 163 Å². The van der Waals surface area contributed by atoms with Crippen LogP contribution in [0.15, 0.2) is 24.7 Å². The van der Waals surface area contributed by atoms with Crippen molar-refractivity contribution in [1.29, 1.82) is 0 Å². The van der Waals surface area contributed by atoms with Gasteiger partial charge in [-0.25, -0.2) is 4.98 Å². The first-order valence-corrected chi connectivity index (χ1v) is 9.83. The van der Waals surface area contributed by atoms with Gasteiger partial charge in [0.05, 0.1) is 44.5 Å². The van der Waals surface area contributed by atoms with Crippen molar-refractivity contribution in [2.75, 3.05) is 50.9 Å². The number of anilines is 1. The van der Waals surface area contributed by atoms with Gasteiger partial charge in [0.1, 0.15) is 11.5 Å². The van der Waals surface area contributed by atoms with E-state index >= 15 is 0 Å². The predicted molar refractivity (Wildman–Crippen MR) is 102 cm³/mol. The van der Waals surface area contributed by atoms with Crippen molar-refractivity contribution in [1.82, 2.24) is 24.6 Å². The number of carbonyl (C=O) groups excluding carboxylic acids is 1. The number of rotatable bonds is 5. The van der Waals surface area contributed by atoms with Crippen molar-refractivity contribution >= 4 is 11.7 Å². The van der Waals surface area contributed by atoms with E-state index in [1.165, 1.54) is 0 Å². The molecule has 0 unspecified atom stereocenters. The van der Waals surface area contributed by atoms with Gasteiger partial charge in [0, 0.05) is 38.3 Å². The molecule has 2 aromatic heterocycles. The number of morpholine rings is 1. The fraction of sp³-hybridized carbons (Fsp3) is 0.579. The molecule has 1 N–H and O–H groups in total. The maximum absolute atomic E-state index is 12.7. The fourth-order valence-corrected chi connectivity index (χ4v) is 3.79. The van der Waals surface area contributed by atoms with Crippen LogP contribution in [0.25, 0.3) is 0 Å². The highest BCUT2D eigenvalue weighted by Crippen LogP contribution is 2.28. The molecule has 9 heteroatoms. The van der Waals surface area contributed by atoms with Gasteiger partial charge in [0.15, 0.2) is 0 Å². The number of aromatic nitrogens is 4. The number of amides is 1. The van der Waals surface area contributed by atoms with Gasteiger partial charge in [-0.15, -0.1) is 0 Å². The summed E-state index contributed by atoms with van der Waals surface area (Å²) in [5.41, 5.74) is 1.42. The number of aliphatic hydroxyl groups is 1. The smallest absolute Gasteiger partial charge is 0.274 e. The summed E-state index contributed by atoms with van der Waals surface area (Å²) in [5, 5.41) is 13.7. The van der Waals surface area contributed by atoms with Crippen LogP contribution in [0.4, 0.5) is 5.82 Å². The van der Waals surface area contributed by atoms with Crippen LogP contribution in [0.1, 0.15) is 34.9 Å². The SMILES string of the molecule is O=C(c1cncc(N2CCC[C@@H](c3ccn(CCO)n3)C2)n1)N1CCOCC1. The number of ether oxygens (including phenoxy) is 1. The van der Waals surface area contributed by atoms with Crippen molar-refractivity contribution in [3.8, 4) is 0 Å². The normalized spacial score (nSPS) is 20.4. The quantitative estimate of drug-likeness (QED) is 0.800. The second-order valence-electron chi connectivity index (χ2n) is 7.18. The Morgan fingerprint density at radius 3 is 2.93 bits per heavy atom. The molecule has 4 rings (SSSR count). The summed E-state index contributed by atoms with van der Waals surface area (Å²) in [6.07, 6.45) is 7.27. The molecule has 2 saturated heterocycles.